The molecule has 0 aromatic rings. The van der Waals surface area contributed by atoms with Crippen LogP contribution in [0.3, 0.4) is 0 Å². The first-order chi connectivity index (χ1) is 3.81. The number of alkyl halides is 3. The first kappa shape index (κ1) is 8.75. The Hall–Kier alpha value is -0.250. The number of hydrogen-bond donors (Lipinski definition) is 1. The second-order valence-electron chi connectivity index (χ2n) is 2.64. The first-order valence-corrected chi connectivity index (χ1v) is 2.54. The predicted octanol–water partition coefficient (Wildman–Crippen LogP) is 1.53. The molecule has 2 N–H and O–H groups in total. The molecule has 0 saturated heterocycles. The monoisotopic (exact) mass is 141 g/mol. The van der Waals surface area contributed by atoms with Gasteiger partial charge in [0.15, 0.2) is 0 Å². The molecule has 4 heteroatoms. The zero-order chi connectivity index (χ0) is 7.71. The van der Waals surface area contributed by atoms with Crippen molar-refractivity contribution < 1.29 is 13.2 Å². The van der Waals surface area contributed by atoms with Crippen molar-refractivity contribution in [3.63, 3.8) is 0 Å². The van der Waals surface area contributed by atoms with Crippen LogP contribution in [0.15, 0.2) is 0 Å². The number of hydrogen-bond acceptors (Lipinski definition) is 1. The van der Waals surface area contributed by atoms with Crippen molar-refractivity contribution in [2.45, 2.75) is 19.9 Å². The molecule has 0 radical (unpaired) electrons. The summed E-state index contributed by atoms with van der Waals surface area (Å²) in [6, 6.07) is -3.43. The highest BCUT2D eigenvalue weighted by atomic mass is 19.3. The lowest BCUT2D eigenvalue weighted by atomic mass is 9.93. The smallest absolute Gasteiger partial charge is 0.272 e. The molecule has 0 aromatic heterocycles. The van der Waals surface area contributed by atoms with Crippen LogP contribution in [0, 0.1) is 5.41 Å². The van der Waals surface area contributed by atoms with Gasteiger partial charge in [-0.25, -0.2) is 0 Å². The highest BCUT2D eigenvalue weighted by molar-refractivity contribution is 4.79. The average Bonchev–Trinajstić information content (AvgIpc) is 1.64. The molecule has 0 aliphatic carbocycles. The summed E-state index contributed by atoms with van der Waals surface area (Å²) in [7, 11) is 0. The molecule has 0 atom stereocenters. The lowest BCUT2D eigenvalue weighted by molar-refractivity contribution is -0.108. The first-order valence-electron chi connectivity index (χ1n) is 2.54. The normalized spacial score (nSPS) is 14.0. The largest absolute Gasteiger partial charge is 0.307 e. The fraction of sp³-hybridized carbons (Fsp3) is 1.00. The maximum Gasteiger partial charge on any atom is 0.307 e. The van der Waals surface area contributed by atoms with Crippen molar-refractivity contribution in [1.29, 1.82) is 0 Å². The predicted molar refractivity (Wildman–Crippen MR) is 28.9 cm³/mol. The maximum atomic E-state index is 12.0. The number of nitrogens with two attached hydrogens (primary N) is 1. The van der Waals surface area contributed by atoms with E-state index < -0.39 is 18.1 Å². The summed E-state index contributed by atoms with van der Waals surface area (Å²) in [5.41, 5.74) is 2.61. The van der Waals surface area contributed by atoms with Crippen LogP contribution in [0.4, 0.5) is 13.2 Å². The molecule has 0 heterocycles. The van der Waals surface area contributed by atoms with Gasteiger partial charge in [-0.2, -0.15) is 8.78 Å². The summed E-state index contributed by atoms with van der Waals surface area (Å²) < 4.78 is 35.8. The molecule has 0 fully saturated rings. The standard InChI is InChI=1S/C5H10F3N/c1-4(2,3-6)5(7,8)9/h3,9H2,1-2H3. The van der Waals surface area contributed by atoms with Gasteiger partial charge in [0.2, 0.25) is 0 Å². The summed E-state index contributed by atoms with van der Waals surface area (Å²) in [4.78, 5) is 0. The Bertz CT molecular complexity index is 94.9. The topological polar surface area (TPSA) is 26.0 Å². The van der Waals surface area contributed by atoms with Crippen molar-refractivity contribution >= 4 is 0 Å². The van der Waals surface area contributed by atoms with E-state index in [0.717, 1.165) is 13.8 Å². The van der Waals surface area contributed by atoms with Gasteiger partial charge < -0.3 is 0 Å². The lowest BCUT2D eigenvalue weighted by Gasteiger charge is -2.27. The summed E-state index contributed by atoms with van der Waals surface area (Å²) in [5.74, 6) is 0. The molecule has 0 saturated carbocycles. The Labute approximate surface area is 52.0 Å². The van der Waals surface area contributed by atoms with E-state index in [1.165, 1.54) is 0 Å². The minimum Gasteiger partial charge on any atom is -0.272 e. The van der Waals surface area contributed by atoms with Crippen molar-refractivity contribution in [3.8, 4) is 0 Å². The maximum absolute atomic E-state index is 12.0. The van der Waals surface area contributed by atoms with Crippen LogP contribution >= 0.6 is 0 Å². The van der Waals surface area contributed by atoms with Crippen LogP contribution in [0.25, 0.3) is 0 Å². The van der Waals surface area contributed by atoms with E-state index >= 15 is 0 Å². The molecule has 0 unspecified atom stereocenters. The Morgan fingerprint density at radius 2 is 1.67 bits per heavy atom. The van der Waals surface area contributed by atoms with Gasteiger partial charge in [-0.05, 0) is 0 Å². The second-order valence-corrected chi connectivity index (χ2v) is 2.64. The van der Waals surface area contributed by atoms with Crippen LogP contribution in [0.1, 0.15) is 13.8 Å². The summed E-state index contributed by atoms with van der Waals surface area (Å²) in [6.45, 7) is 1.04. The molecule has 0 bridgehead atoms. The van der Waals surface area contributed by atoms with E-state index in [2.05, 4.69) is 5.73 Å². The summed E-state index contributed by atoms with van der Waals surface area (Å²) in [6.07, 6.45) is 0. The van der Waals surface area contributed by atoms with Gasteiger partial charge in [-0.15, -0.1) is 0 Å². The summed E-state index contributed by atoms with van der Waals surface area (Å²) >= 11 is 0. The van der Waals surface area contributed by atoms with Crippen LogP contribution in [-0.4, -0.2) is 12.7 Å². The lowest BCUT2D eigenvalue weighted by Crippen LogP contribution is -2.46. The quantitative estimate of drug-likeness (QED) is 0.580. The van der Waals surface area contributed by atoms with Crippen molar-refractivity contribution in [2.24, 2.45) is 11.1 Å². The third-order valence-electron chi connectivity index (χ3n) is 1.24. The van der Waals surface area contributed by atoms with Crippen LogP contribution in [0.5, 0.6) is 0 Å². The van der Waals surface area contributed by atoms with E-state index in [-0.39, 0.29) is 0 Å². The molecule has 1 nitrogen and oxygen atoms in total. The summed E-state index contributed by atoms with van der Waals surface area (Å²) in [5, 5.41) is 0. The van der Waals surface area contributed by atoms with E-state index in [4.69, 9.17) is 0 Å². The molecule has 56 valence electrons. The van der Waals surface area contributed by atoms with E-state index in [1.54, 1.807) is 0 Å². The van der Waals surface area contributed by atoms with Crippen LogP contribution in [-0.2, 0) is 0 Å². The number of rotatable bonds is 2. The van der Waals surface area contributed by atoms with Gasteiger partial charge >= 0.3 is 6.05 Å². The zero-order valence-corrected chi connectivity index (χ0v) is 5.42. The average molecular weight is 141 g/mol. The fourth-order valence-electron chi connectivity index (χ4n) is 0.0891. The minimum atomic E-state index is -3.43. The Balaban J connectivity index is 4.14. The van der Waals surface area contributed by atoms with Crippen molar-refractivity contribution in [3.05, 3.63) is 0 Å². The second kappa shape index (κ2) is 2.17. The highest BCUT2D eigenvalue weighted by Gasteiger charge is 2.42. The molecule has 0 aliphatic rings. The molecule has 0 rings (SSSR count). The van der Waals surface area contributed by atoms with Gasteiger partial charge in [-0.1, -0.05) is 13.8 Å². The number of halogens is 3. The van der Waals surface area contributed by atoms with E-state index in [9.17, 15) is 13.2 Å². The molecular weight excluding hydrogens is 131 g/mol. The van der Waals surface area contributed by atoms with Crippen LogP contribution < -0.4 is 5.73 Å². The zero-order valence-electron chi connectivity index (χ0n) is 5.42. The van der Waals surface area contributed by atoms with Gasteiger partial charge in [-0.3, -0.25) is 10.1 Å². The Morgan fingerprint density at radius 1 is 1.33 bits per heavy atom. The van der Waals surface area contributed by atoms with Gasteiger partial charge in [0.1, 0.15) is 6.67 Å². The van der Waals surface area contributed by atoms with Gasteiger partial charge in [0, 0.05) is 0 Å². The Kier molecular flexibility index (Phi) is 2.11. The molecule has 0 amide bonds. The van der Waals surface area contributed by atoms with Crippen molar-refractivity contribution in [2.75, 3.05) is 6.67 Å². The molecular formula is C5H10F3N. The fourth-order valence-corrected chi connectivity index (χ4v) is 0.0891. The molecule has 0 spiro atoms. The van der Waals surface area contributed by atoms with Gasteiger partial charge in [0.25, 0.3) is 0 Å². The minimum absolute atomic E-state index is 1.08. The van der Waals surface area contributed by atoms with Gasteiger partial charge in [0.05, 0.1) is 5.41 Å². The van der Waals surface area contributed by atoms with E-state index in [0.29, 0.717) is 0 Å². The molecule has 0 aliphatic heterocycles. The molecule has 9 heavy (non-hydrogen) atoms. The third-order valence-corrected chi connectivity index (χ3v) is 1.24. The Morgan fingerprint density at radius 3 is 1.67 bits per heavy atom. The third kappa shape index (κ3) is 1.86. The SMILES string of the molecule is CC(C)(CF)C(N)(F)F. The van der Waals surface area contributed by atoms with Crippen LogP contribution in [0.2, 0.25) is 0 Å². The molecule has 0 aromatic carbocycles. The van der Waals surface area contributed by atoms with Crippen molar-refractivity contribution in [1.82, 2.24) is 0 Å². The van der Waals surface area contributed by atoms with E-state index in [1.807, 2.05) is 0 Å². The highest BCUT2D eigenvalue weighted by Crippen LogP contribution is 2.31.